The maximum atomic E-state index is 15.4. The number of esters is 3. The second-order valence-corrected chi connectivity index (χ2v) is 31.0. The summed E-state index contributed by atoms with van der Waals surface area (Å²) in [6, 6.07) is 0. The van der Waals surface area contributed by atoms with Gasteiger partial charge in [0.2, 0.25) is 5.91 Å². The summed E-state index contributed by atoms with van der Waals surface area (Å²) in [5.74, 6) is -1.03. The number of carbonyl (C=O) groups is 5. The van der Waals surface area contributed by atoms with E-state index in [0.717, 1.165) is 25.7 Å². The number of H-pyrrole nitrogens is 1. The van der Waals surface area contributed by atoms with Gasteiger partial charge in [0, 0.05) is 40.5 Å². The Morgan fingerprint density at radius 1 is 0.701 bits per heavy atom. The first-order valence-electron chi connectivity index (χ1n) is 28.6. The van der Waals surface area contributed by atoms with Crippen LogP contribution in [0.4, 0.5) is 5.82 Å². The number of hydrogen-bond donors (Lipinski definition) is 2. The van der Waals surface area contributed by atoms with Crippen LogP contribution < -0.4 is 5.32 Å². The minimum atomic E-state index is -0.807. The van der Waals surface area contributed by atoms with Gasteiger partial charge in [0.25, 0.3) is 0 Å². The van der Waals surface area contributed by atoms with Crippen LogP contribution in [0.1, 0.15) is 233 Å². The smallest absolute Gasteiger partial charge is 0.464 e. The van der Waals surface area contributed by atoms with E-state index in [1.807, 2.05) is 75.3 Å². The van der Waals surface area contributed by atoms with E-state index in [-0.39, 0.29) is 122 Å². The van der Waals surface area contributed by atoms with Crippen molar-refractivity contribution < 1.29 is 55.3 Å². The topological polar surface area (TPSA) is 167 Å². The van der Waals surface area contributed by atoms with Crippen molar-refractivity contribution in [3.63, 3.8) is 0 Å². The van der Waals surface area contributed by atoms with Crippen molar-refractivity contribution in [2.45, 2.75) is 229 Å². The van der Waals surface area contributed by atoms with Crippen LogP contribution in [0.3, 0.4) is 0 Å². The number of aromatic amines is 1. The number of amidine groups is 1. The van der Waals surface area contributed by atoms with Crippen LogP contribution in [-0.2, 0) is 50.5 Å². The average molecular weight is 1140 g/mol. The number of hydrogen-bond acceptors (Lipinski definition) is 9. The summed E-state index contributed by atoms with van der Waals surface area (Å²) in [7, 11) is 0. The van der Waals surface area contributed by atoms with E-state index in [4.69, 9.17) is 19.5 Å². The number of carbonyl (C=O) groups excluding carboxylic acids is 5. The zero-order valence-electron chi connectivity index (χ0n) is 52.2. The van der Waals surface area contributed by atoms with E-state index in [1.54, 1.807) is 6.92 Å². The molecule has 2 amide bonds. The van der Waals surface area contributed by atoms with E-state index in [2.05, 4.69) is 112 Å². The zero-order chi connectivity index (χ0) is 58.2. The van der Waals surface area contributed by atoms with E-state index in [1.165, 1.54) is 11.8 Å². The minimum absolute atomic E-state index is 0. The number of nitrogens with zero attached hydrogens (tertiary/aromatic N) is 2. The molecule has 0 bridgehead atoms. The number of aliphatic imine (C=N–C) groups is 1. The van der Waals surface area contributed by atoms with Gasteiger partial charge in [-0.2, -0.15) is 0 Å². The van der Waals surface area contributed by atoms with Crippen LogP contribution >= 0.6 is 11.8 Å². The van der Waals surface area contributed by atoms with Crippen molar-refractivity contribution >= 4 is 59.2 Å². The van der Waals surface area contributed by atoms with Crippen LogP contribution in [0.2, 0.25) is 0 Å². The number of anilines is 1. The summed E-state index contributed by atoms with van der Waals surface area (Å²) in [5.41, 5.74) is 0.357. The van der Waals surface area contributed by atoms with Gasteiger partial charge in [-0.05, 0) is 127 Å². The largest absolute Gasteiger partial charge is 1.00 e. The van der Waals surface area contributed by atoms with Crippen molar-refractivity contribution in [2.75, 3.05) is 17.7 Å². The maximum absolute atomic E-state index is 15.4. The predicted octanol–water partition coefficient (Wildman–Crippen LogP) is 15.8. The normalized spacial score (nSPS) is 25.4. The van der Waals surface area contributed by atoms with Gasteiger partial charge in [-0.25, -0.2) is 9.59 Å². The van der Waals surface area contributed by atoms with Gasteiger partial charge in [0.05, 0.1) is 16.2 Å². The molecule has 5 unspecified atom stereocenters. The van der Waals surface area contributed by atoms with Crippen molar-refractivity contribution in [3.8, 4) is 0 Å². The molecule has 3 aliphatic rings. The Bertz CT molecular complexity index is 2330. The Morgan fingerprint density at radius 2 is 1.14 bits per heavy atom. The van der Waals surface area contributed by atoms with Crippen LogP contribution in [0.25, 0.3) is 11.4 Å². The number of rotatable bonds is 15. The first-order valence-corrected chi connectivity index (χ1v) is 29.7. The standard InChI is InChI=1S/C63H104N4O8S.Cu/c1-26-63(24,25)57(72)73-27-28-76-38(8)53(68)66-51-47(54(69)74-49-39(58(9,10)11)29-36(6)30-40(49)59(12,13)14)45(34(2)3)43(64-51)33-44-46(35(4)5)48(52(65-44)67-56(71)62(21,22)23)55(70)75-50-41(60(15,16)17)31-37(7)32-42(50)61(18,19)20;/h33-42,49-50H,26-32H2,1-25H3,(H3,64,65,66,67,68,69,70,71);/q;+1/p-1. The third-order valence-electron chi connectivity index (χ3n) is 16.7. The van der Waals surface area contributed by atoms with E-state index in [0.29, 0.717) is 46.5 Å². The summed E-state index contributed by atoms with van der Waals surface area (Å²) >= 11 is 1.31. The van der Waals surface area contributed by atoms with Gasteiger partial charge in [0.15, 0.2) is 5.91 Å². The van der Waals surface area contributed by atoms with Gasteiger partial charge in [-0.1, -0.05) is 152 Å². The van der Waals surface area contributed by atoms with Crippen LogP contribution in [-0.4, -0.2) is 70.4 Å². The molecule has 0 spiro atoms. The molecule has 2 fully saturated rings. The van der Waals surface area contributed by atoms with Crippen LogP contribution in [0, 0.1) is 73.9 Å². The second kappa shape index (κ2) is 25.6. The van der Waals surface area contributed by atoms with Crippen molar-refractivity contribution in [2.24, 2.45) is 78.9 Å². The first kappa shape index (κ1) is 67.9. The molecule has 4 rings (SSSR count). The van der Waals surface area contributed by atoms with E-state index < -0.39 is 40.0 Å². The Labute approximate surface area is 481 Å². The summed E-state index contributed by atoms with van der Waals surface area (Å²) in [6.45, 7) is 52.1. The summed E-state index contributed by atoms with van der Waals surface area (Å²) in [6.07, 6.45) is 5.28. The van der Waals surface area contributed by atoms with Gasteiger partial charge < -0.3 is 34.8 Å². The molecular weight excluding hydrogens is 1040 g/mol. The summed E-state index contributed by atoms with van der Waals surface area (Å²) in [5, 5.41) is 7.50. The number of amides is 2. The van der Waals surface area contributed by atoms with E-state index in [9.17, 15) is 14.4 Å². The van der Waals surface area contributed by atoms with E-state index >= 15 is 9.59 Å². The fourth-order valence-electron chi connectivity index (χ4n) is 11.5. The van der Waals surface area contributed by atoms with Crippen molar-refractivity contribution in [3.05, 3.63) is 39.0 Å². The van der Waals surface area contributed by atoms with Crippen LogP contribution in [0.15, 0.2) is 21.8 Å². The minimum Gasteiger partial charge on any atom is -0.464 e. The molecule has 2 saturated carbocycles. The molecular formula is C63H103CuN4O8S. The Hall–Kier alpha value is -3.35. The molecule has 1 aliphatic heterocycles. The number of nitrogens with one attached hydrogen (secondary N) is 2. The molecule has 1 aromatic rings. The zero-order valence-corrected chi connectivity index (χ0v) is 54.0. The molecule has 12 nitrogen and oxygen atoms in total. The molecule has 1 aromatic heterocycles. The fraction of sp³-hybridized carbons (Fsp3) is 0.778. The number of thioether (sulfide) groups is 1. The molecule has 440 valence electrons. The Morgan fingerprint density at radius 3 is 1.53 bits per heavy atom. The van der Waals surface area contributed by atoms with Crippen LogP contribution in [0.5, 0.6) is 0 Å². The quantitative estimate of drug-likeness (QED) is 0.0752. The SMILES string of the molecule is CCC(C)(C)C(=O)OCCSC(C)C(=O)N=C1[N-]/C(=C\c2[nH]c(NC(=O)C(C)(C)C)c(C(=O)OC3C(C(C)(C)C)CC(C)CC3C(C)(C)C)c2C(C)C)C(C(C)C)=C1C(=O)OC1C(C(C)(C)C)CC(C)CC1C(C)(C)C.[Cu+]. The Balaban J connectivity index is 0.0000156. The monoisotopic (exact) mass is 1140 g/mol. The molecule has 0 saturated heterocycles. The molecule has 0 radical (unpaired) electrons. The third kappa shape index (κ3) is 16.9. The van der Waals surface area contributed by atoms with Crippen molar-refractivity contribution in [1.82, 2.24) is 4.98 Å². The molecule has 5 atom stereocenters. The summed E-state index contributed by atoms with van der Waals surface area (Å²) < 4.78 is 19.3. The fourth-order valence-corrected chi connectivity index (χ4v) is 12.2. The van der Waals surface area contributed by atoms with Gasteiger partial charge in [-0.3, -0.25) is 14.4 Å². The molecule has 2 N–H and O–H groups in total. The van der Waals surface area contributed by atoms with Gasteiger partial charge >= 0.3 is 35.0 Å². The molecule has 0 aromatic carbocycles. The second-order valence-electron chi connectivity index (χ2n) is 29.6. The Kier molecular flexibility index (Phi) is 22.6. The molecule has 77 heavy (non-hydrogen) atoms. The van der Waals surface area contributed by atoms with Gasteiger partial charge in [0.1, 0.15) is 30.2 Å². The number of allylic oxidation sites excluding steroid dienone is 1. The maximum Gasteiger partial charge on any atom is 1.00 e. The van der Waals surface area contributed by atoms with Crippen molar-refractivity contribution in [1.29, 1.82) is 0 Å². The number of ether oxygens (including phenoxy) is 3. The average Bonchev–Trinajstić information content (AvgIpc) is 3.81. The molecule has 2 heterocycles. The predicted molar refractivity (Wildman–Crippen MR) is 313 cm³/mol. The number of aromatic nitrogens is 1. The van der Waals surface area contributed by atoms with Gasteiger partial charge in [-0.15, -0.1) is 11.8 Å². The third-order valence-corrected chi connectivity index (χ3v) is 17.8. The first-order chi connectivity index (χ1) is 34.5. The molecule has 14 heteroatoms. The molecule has 2 aliphatic carbocycles. The summed E-state index contributed by atoms with van der Waals surface area (Å²) in [4.78, 5) is 79.8.